The smallest absolute Gasteiger partial charge is 0.241 e. The van der Waals surface area contributed by atoms with Gasteiger partial charge in [-0.15, -0.1) is 11.3 Å². The van der Waals surface area contributed by atoms with Crippen molar-refractivity contribution in [1.82, 2.24) is 4.72 Å². The summed E-state index contributed by atoms with van der Waals surface area (Å²) in [5.74, 6) is 0. The lowest BCUT2D eigenvalue weighted by Gasteiger charge is -2.14. The van der Waals surface area contributed by atoms with Crippen LogP contribution in [0.2, 0.25) is 0 Å². The van der Waals surface area contributed by atoms with Gasteiger partial charge in [0.2, 0.25) is 10.0 Å². The number of nitrogens with one attached hydrogen (secondary N) is 1. The molecule has 2 aromatic rings. The van der Waals surface area contributed by atoms with Crippen molar-refractivity contribution in [2.45, 2.75) is 37.8 Å². The highest BCUT2D eigenvalue weighted by Crippen LogP contribution is 2.22. The summed E-state index contributed by atoms with van der Waals surface area (Å²) < 4.78 is 27.6. The lowest BCUT2D eigenvalue weighted by atomic mass is 10.1. The van der Waals surface area contributed by atoms with E-state index in [4.69, 9.17) is 5.73 Å². The van der Waals surface area contributed by atoms with Crippen molar-refractivity contribution in [2.24, 2.45) is 5.73 Å². The monoisotopic (exact) mass is 324 g/mol. The third kappa shape index (κ3) is 3.71. The molecule has 6 heteroatoms. The second-order valence-electron chi connectivity index (χ2n) is 4.85. The lowest BCUT2D eigenvalue weighted by Crippen LogP contribution is -2.26. The Labute approximate surface area is 130 Å². The Balaban J connectivity index is 2.27. The van der Waals surface area contributed by atoms with Crippen LogP contribution < -0.4 is 10.5 Å². The molecule has 0 bridgehead atoms. The zero-order valence-corrected chi connectivity index (χ0v) is 13.8. The fourth-order valence-corrected chi connectivity index (χ4v) is 4.28. The molecule has 0 aliphatic heterocycles. The number of hydrogen-bond acceptors (Lipinski definition) is 4. The van der Waals surface area contributed by atoms with Crippen LogP contribution in [0.15, 0.2) is 40.6 Å². The van der Waals surface area contributed by atoms with E-state index >= 15 is 0 Å². The van der Waals surface area contributed by atoms with Gasteiger partial charge in [0.05, 0.1) is 10.9 Å². The summed E-state index contributed by atoms with van der Waals surface area (Å²) in [6.45, 7) is 4.21. The summed E-state index contributed by atoms with van der Waals surface area (Å²) >= 11 is 1.53. The summed E-state index contributed by atoms with van der Waals surface area (Å²) in [5.41, 5.74) is 7.67. The molecule has 3 N–H and O–H groups in total. The van der Waals surface area contributed by atoms with Crippen LogP contribution in [0, 0.1) is 0 Å². The summed E-state index contributed by atoms with van der Waals surface area (Å²) in [4.78, 5) is 1.26. The highest BCUT2D eigenvalue weighted by Gasteiger charge is 2.19. The topological polar surface area (TPSA) is 72.2 Å². The fourth-order valence-electron chi connectivity index (χ4n) is 2.20. The van der Waals surface area contributed by atoms with Gasteiger partial charge in [-0.05, 0) is 48.1 Å². The van der Waals surface area contributed by atoms with Gasteiger partial charge in [-0.25, -0.2) is 13.1 Å². The summed E-state index contributed by atoms with van der Waals surface area (Å²) in [6, 6.07) is 8.73. The molecule has 0 fully saturated rings. The van der Waals surface area contributed by atoms with E-state index in [-0.39, 0.29) is 10.9 Å². The number of aryl methyl sites for hydroxylation is 1. The molecule has 1 unspecified atom stereocenters. The summed E-state index contributed by atoms with van der Waals surface area (Å²) in [7, 11) is -3.54. The van der Waals surface area contributed by atoms with Crippen molar-refractivity contribution in [1.29, 1.82) is 0 Å². The van der Waals surface area contributed by atoms with E-state index in [1.54, 1.807) is 12.1 Å². The Hall–Kier alpha value is -1.21. The number of nitrogens with two attached hydrogens (primary N) is 1. The lowest BCUT2D eigenvalue weighted by molar-refractivity contribution is 0.568. The Morgan fingerprint density at radius 3 is 2.62 bits per heavy atom. The van der Waals surface area contributed by atoms with Crippen molar-refractivity contribution in [3.05, 3.63) is 51.7 Å². The fraction of sp³-hybridized carbons (Fsp3) is 0.333. The van der Waals surface area contributed by atoms with Gasteiger partial charge >= 0.3 is 0 Å². The number of thiophene rings is 1. The van der Waals surface area contributed by atoms with Gasteiger partial charge in [-0.2, -0.15) is 0 Å². The molecule has 4 nitrogen and oxygen atoms in total. The van der Waals surface area contributed by atoms with Gasteiger partial charge in [0, 0.05) is 11.4 Å². The standard InChI is InChI=1S/C15H20N2O2S2/c1-3-12-6-7-14(9-13(12)10-16)21(18,19)17-11(2)15-5-4-8-20-15/h4-9,11,17H,3,10,16H2,1-2H3. The second kappa shape index (κ2) is 6.70. The Morgan fingerprint density at radius 1 is 1.29 bits per heavy atom. The van der Waals surface area contributed by atoms with E-state index in [1.165, 1.54) is 11.3 Å². The highest BCUT2D eigenvalue weighted by molar-refractivity contribution is 7.89. The maximum absolute atomic E-state index is 12.5. The first kappa shape index (κ1) is 16.2. The van der Waals surface area contributed by atoms with E-state index in [0.717, 1.165) is 22.4 Å². The number of rotatable bonds is 6. The first-order valence-corrected chi connectivity index (χ1v) is 9.21. The van der Waals surface area contributed by atoms with Crippen molar-refractivity contribution >= 4 is 21.4 Å². The molecule has 1 atom stereocenters. The van der Waals surface area contributed by atoms with Gasteiger partial charge in [-0.1, -0.05) is 19.1 Å². The predicted molar refractivity (Wildman–Crippen MR) is 86.8 cm³/mol. The van der Waals surface area contributed by atoms with Crippen molar-refractivity contribution < 1.29 is 8.42 Å². The molecule has 0 radical (unpaired) electrons. The average Bonchev–Trinajstić information content (AvgIpc) is 3.00. The normalized spacial score (nSPS) is 13.3. The Morgan fingerprint density at radius 2 is 2.05 bits per heavy atom. The number of benzene rings is 1. The molecule has 114 valence electrons. The molecule has 0 saturated heterocycles. The van der Waals surface area contributed by atoms with Crippen LogP contribution in [-0.2, 0) is 23.0 Å². The maximum Gasteiger partial charge on any atom is 0.241 e. The van der Waals surface area contributed by atoms with Crippen molar-refractivity contribution in [3.63, 3.8) is 0 Å². The molecule has 0 amide bonds. The molecule has 21 heavy (non-hydrogen) atoms. The second-order valence-corrected chi connectivity index (χ2v) is 7.54. The van der Waals surface area contributed by atoms with Crippen molar-refractivity contribution in [2.75, 3.05) is 0 Å². The third-order valence-electron chi connectivity index (χ3n) is 3.39. The quantitative estimate of drug-likeness (QED) is 0.858. The minimum Gasteiger partial charge on any atom is -0.326 e. The minimum atomic E-state index is -3.54. The van der Waals surface area contributed by atoms with E-state index in [9.17, 15) is 8.42 Å². The molecular formula is C15H20N2O2S2. The Bertz CT molecular complexity index is 694. The van der Waals surface area contributed by atoms with Crippen LogP contribution >= 0.6 is 11.3 Å². The number of hydrogen-bond donors (Lipinski definition) is 2. The largest absolute Gasteiger partial charge is 0.326 e. The highest BCUT2D eigenvalue weighted by atomic mass is 32.2. The zero-order chi connectivity index (χ0) is 15.5. The molecular weight excluding hydrogens is 304 g/mol. The van der Waals surface area contributed by atoms with Crippen LogP contribution in [-0.4, -0.2) is 8.42 Å². The van der Waals surface area contributed by atoms with Gasteiger partial charge < -0.3 is 5.73 Å². The Kier molecular flexibility index (Phi) is 5.16. The van der Waals surface area contributed by atoms with Crippen LogP contribution in [0.1, 0.15) is 35.9 Å². The van der Waals surface area contributed by atoms with Gasteiger partial charge in [-0.3, -0.25) is 0 Å². The van der Waals surface area contributed by atoms with Crippen LogP contribution in [0.5, 0.6) is 0 Å². The van der Waals surface area contributed by atoms with Gasteiger partial charge in [0.15, 0.2) is 0 Å². The maximum atomic E-state index is 12.5. The number of sulfonamides is 1. The van der Waals surface area contributed by atoms with E-state index in [2.05, 4.69) is 4.72 Å². The molecule has 0 aliphatic rings. The first-order chi connectivity index (χ1) is 9.97. The van der Waals surface area contributed by atoms with Gasteiger partial charge in [0.1, 0.15) is 0 Å². The summed E-state index contributed by atoms with van der Waals surface area (Å²) in [6.07, 6.45) is 0.839. The molecule has 1 aromatic heterocycles. The van der Waals surface area contributed by atoms with Crippen molar-refractivity contribution in [3.8, 4) is 0 Å². The van der Waals surface area contributed by atoms with Crippen LogP contribution in [0.3, 0.4) is 0 Å². The SMILES string of the molecule is CCc1ccc(S(=O)(=O)NC(C)c2cccs2)cc1CN. The van der Waals surface area contributed by atoms with Crippen LogP contribution in [0.4, 0.5) is 0 Å². The minimum absolute atomic E-state index is 0.248. The summed E-state index contributed by atoms with van der Waals surface area (Å²) in [5, 5.41) is 1.93. The molecule has 0 saturated carbocycles. The molecule has 1 heterocycles. The predicted octanol–water partition coefficient (Wildman–Crippen LogP) is 2.81. The average molecular weight is 324 g/mol. The van der Waals surface area contributed by atoms with E-state index in [0.29, 0.717) is 6.54 Å². The first-order valence-electron chi connectivity index (χ1n) is 6.85. The zero-order valence-electron chi connectivity index (χ0n) is 12.2. The van der Waals surface area contributed by atoms with Gasteiger partial charge in [0.25, 0.3) is 0 Å². The van der Waals surface area contributed by atoms with E-state index < -0.39 is 10.0 Å². The molecule has 2 rings (SSSR count). The van der Waals surface area contributed by atoms with E-state index in [1.807, 2.05) is 37.4 Å². The molecule has 1 aromatic carbocycles. The van der Waals surface area contributed by atoms with Crippen LogP contribution in [0.25, 0.3) is 0 Å². The third-order valence-corrected chi connectivity index (χ3v) is 5.98. The molecule has 0 spiro atoms. The molecule has 0 aliphatic carbocycles.